The molecule has 0 unspecified atom stereocenters. The Hall–Kier alpha value is -3.10. The minimum absolute atomic E-state index is 0.00588. The standard InChI is InChI=1S/C25H27N5O2S/c31-22(26-18-12-14-29(15-13-18)16-17-6-2-1-3-7-17)11-10-21-24(32)30-23(27-21)19-8-4-5-9-20(19)28-25(30)33/h1-9,18,21,27H,10-16H2,(H,26,31)/t21-/m1/s1. The second kappa shape index (κ2) is 9.41. The molecule has 0 radical (unpaired) electrons. The van der Waals surface area contributed by atoms with Gasteiger partial charge in [-0.15, -0.1) is 0 Å². The Labute approximate surface area is 197 Å². The van der Waals surface area contributed by atoms with Crippen LogP contribution in [0, 0.1) is 4.77 Å². The summed E-state index contributed by atoms with van der Waals surface area (Å²) in [7, 11) is 0. The van der Waals surface area contributed by atoms with Crippen molar-refractivity contribution >= 4 is 40.8 Å². The number of benzene rings is 2. The van der Waals surface area contributed by atoms with Gasteiger partial charge in [-0.2, -0.15) is 0 Å². The first-order chi connectivity index (χ1) is 16.1. The quantitative estimate of drug-likeness (QED) is 0.544. The number of para-hydroxylation sites is 1. The van der Waals surface area contributed by atoms with Crippen molar-refractivity contribution in [3.8, 4) is 0 Å². The summed E-state index contributed by atoms with van der Waals surface area (Å²) in [5.41, 5.74) is 2.07. The summed E-state index contributed by atoms with van der Waals surface area (Å²) < 4.78 is 1.71. The van der Waals surface area contributed by atoms with Gasteiger partial charge in [-0.05, 0) is 49.2 Å². The monoisotopic (exact) mass is 461 g/mol. The smallest absolute Gasteiger partial charge is 0.257 e. The van der Waals surface area contributed by atoms with E-state index in [-0.39, 0.29) is 22.6 Å². The molecule has 7 nitrogen and oxygen atoms in total. The molecule has 1 aromatic heterocycles. The van der Waals surface area contributed by atoms with Crippen molar-refractivity contribution in [2.24, 2.45) is 0 Å². The van der Waals surface area contributed by atoms with Gasteiger partial charge in [0.15, 0.2) is 0 Å². The predicted octanol–water partition coefficient (Wildman–Crippen LogP) is 3.76. The van der Waals surface area contributed by atoms with Crippen LogP contribution < -0.4 is 10.6 Å². The molecule has 0 spiro atoms. The van der Waals surface area contributed by atoms with Gasteiger partial charge in [0.05, 0.1) is 5.52 Å². The van der Waals surface area contributed by atoms with Gasteiger partial charge in [-0.25, -0.2) is 9.55 Å². The fourth-order valence-corrected chi connectivity index (χ4v) is 5.00. The van der Waals surface area contributed by atoms with E-state index in [1.165, 1.54) is 10.1 Å². The Morgan fingerprint density at radius 1 is 1.09 bits per heavy atom. The third-order valence-corrected chi connectivity index (χ3v) is 6.76. The van der Waals surface area contributed by atoms with E-state index >= 15 is 0 Å². The molecule has 8 heteroatoms. The predicted molar refractivity (Wildman–Crippen MR) is 131 cm³/mol. The summed E-state index contributed by atoms with van der Waals surface area (Å²) in [5.74, 6) is 0.524. The molecule has 2 N–H and O–H groups in total. The molecule has 2 aliphatic rings. The number of carbonyl (C=O) groups is 2. The minimum Gasteiger partial charge on any atom is -0.359 e. The molecule has 1 saturated heterocycles. The van der Waals surface area contributed by atoms with Crippen molar-refractivity contribution in [1.29, 1.82) is 0 Å². The van der Waals surface area contributed by atoms with Crippen LogP contribution in [0.4, 0.5) is 5.82 Å². The lowest BCUT2D eigenvalue weighted by Gasteiger charge is -2.32. The van der Waals surface area contributed by atoms with Crippen LogP contribution in [0.5, 0.6) is 0 Å². The fraction of sp³-hybridized carbons (Fsp3) is 0.360. The summed E-state index contributed by atoms with van der Waals surface area (Å²) in [6.07, 6.45) is 2.59. The molecule has 1 atom stereocenters. The average Bonchev–Trinajstić information content (AvgIpc) is 3.17. The van der Waals surface area contributed by atoms with Crippen molar-refractivity contribution in [2.45, 2.75) is 44.3 Å². The first-order valence-corrected chi connectivity index (χ1v) is 11.9. The maximum atomic E-state index is 12.9. The Kier molecular flexibility index (Phi) is 6.20. The normalized spacial score (nSPS) is 18.8. The summed E-state index contributed by atoms with van der Waals surface area (Å²) in [5, 5.41) is 7.29. The zero-order valence-electron chi connectivity index (χ0n) is 18.4. The summed E-state index contributed by atoms with van der Waals surface area (Å²) in [6.45, 7) is 2.88. The molecule has 3 heterocycles. The number of carbonyl (C=O) groups excluding carboxylic acids is 2. The number of anilines is 1. The molecule has 0 aliphatic carbocycles. The van der Waals surface area contributed by atoms with Crippen LogP contribution in [-0.2, 0) is 11.3 Å². The molecule has 0 bridgehead atoms. The zero-order chi connectivity index (χ0) is 22.8. The van der Waals surface area contributed by atoms with Crippen molar-refractivity contribution in [3.63, 3.8) is 0 Å². The molecule has 1 fully saturated rings. The van der Waals surface area contributed by atoms with E-state index in [1.807, 2.05) is 30.3 Å². The van der Waals surface area contributed by atoms with Crippen LogP contribution in [0.15, 0.2) is 54.6 Å². The SMILES string of the molecule is O=C(CC[C@H]1Nc2c3ccccc3nc(=S)n2C1=O)NC1CCN(Cc2ccccc2)CC1. The lowest BCUT2D eigenvalue weighted by molar-refractivity contribution is -0.122. The topological polar surface area (TPSA) is 79.3 Å². The first-order valence-electron chi connectivity index (χ1n) is 11.5. The van der Waals surface area contributed by atoms with Crippen LogP contribution in [0.1, 0.15) is 36.0 Å². The van der Waals surface area contributed by atoms with Crippen LogP contribution in [0.3, 0.4) is 0 Å². The van der Waals surface area contributed by atoms with E-state index < -0.39 is 6.04 Å². The van der Waals surface area contributed by atoms with Gasteiger partial charge < -0.3 is 10.6 Å². The molecule has 3 aromatic rings. The van der Waals surface area contributed by atoms with E-state index in [0.717, 1.165) is 43.4 Å². The number of aromatic nitrogens is 2. The number of nitrogens with zero attached hydrogens (tertiary/aromatic N) is 3. The van der Waals surface area contributed by atoms with E-state index in [1.54, 1.807) is 0 Å². The number of hydrogen-bond donors (Lipinski definition) is 2. The highest BCUT2D eigenvalue weighted by Crippen LogP contribution is 2.29. The number of rotatable bonds is 6. The largest absolute Gasteiger partial charge is 0.359 e. The fourth-order valence-electron chi connectivity index (χ4n) is 4.72. The van der Waals surface area contributed by atoms with Crippen molar-refractivity contribution < 1.29 is 9.59 Å². The number of fused-ring (bicyclic) bond motifs is 3. The minimum atomic E-state index is -0.474. The van der Waals surface area contributed by atoms with E-state index in [4.69, 9.17) is 12.2 Å². The third kappa shape index (κ3) is 4.67. The lowest BCUT2D eigenvalue weighted by atomic mass is 10.0. The van der Waals surface area contributed by atoms with Crippen molar-refractivity contribution in [2.75, 3.05) is 18.4 Å². The van der Waals surface area contributed by atoms with Gasteiger partial charge in [0, 0.05) is 37.5 Å². The van der Waals surface area contributed by atoms with E-state index in [9.17, 15) is 9.59 Å². The number of nitrogens with one attached hydrogen (secondary N) is 2. The maximum Gasteiger partial charge on any atom is 0.257 e. The maximum absolute atomic E-state index is 12.9. The van der Waals surface area contributed by atoms with Gasteiger partial charge in [0.2, 0.25) is 10.7 Å². The number of piperidine rings is 1. The first kappa shape index (κ1) is 21.7. The summed E-state index contributed by atoms with van der Waals surface area (Å²) in [4.78, 5) is 32.3. The second-order valence-electron chi connectivity index (χ2n) is 8.77. The summed E-state index contributed by atoms with van der Waals surface area (Å²) >= 11 is 5.34. The second-order valence-corrected chi connectivity index (χ2v) is 9.14. The van der Waals surface area contributed by atoms with Crippen LogP contribution in [-0.4, -0.2) is 51.4 Å². The molecule has 2 aliphatic heterocycles. The number of likely N-dealkylation sites (tertiary alicyclic amines) is 1. The highest BCUT2D eigenvalue weighted by atomic mass is 32.1. The van der Waals surface area contributed by atoms with Crippen LogP contribution in [0.25, 0.3) is 10.9 Å². The van der Waals surface area contributed by atoms with Gasteiger partial charge >= 0.3 is 0 Å². The van der Waals surface area contributed by atoms with Gasteiger partial charge in [-0.1, -0.05) is 42.5 Å². The van der Waals surface area contributed by atoms with Crippen molar-refractivity contribution in [3.05, 3.63) is 64.9 Å². The number of amides is 1. The summed E-state index contributed by atoms with van der Waals surface area (Å²) in [6, 6.07) is 17.8. The van der Waals surface area contributed by atoms with Crippen molar-refractivity contribution in [1.82, 2.24) is 19.8 Å². The molecular weight excluding hydrogens is 434 g/mol. The van der Waals surface area contributed by atoms with Gasteiger partial charge in [0.1, 0.15) is 11.9 Å². The number of hydrogen-bond acceptors (Lipinski definition) is 6. The van der Waals surface area contributed by atoms with E-state index in [2.05, 4.69) is 44.8 Å². The molecule has 0 saturated carbocycles. The highest BCUT2D eigenvalue weighted by molar-refractivity contribution is 7.71. The molecule has 170 valence electrons. The molecule has 2 aromatic carbocycles. The molecule has 5 rings (SSSR count). The van der Waals surface area contributed by atoms with Gasteiger partial charge in [0.25, 0.3) is 5.91 Å². The highest BCUT2D eigenvalue weighted by Gasteiger charge is 2.32. The average molecular weight is 462 g/mol. The lowest BCUT2D eigenvalue weighted by Crippen LogP contribution is -2.44. The van der Waals surface area contributed by atoms with Gasteiger partial charge in [-0.3, -0.25) is 14.5 Å². The Balaban J connectivity index is 1.12. The van der Waals surface area contributed by atoms with Crippen LogP contribution >= 0.6 is 12.2 Å². The van der Waals surface area contributed by atoms with E-state index in [0.29, 0.717) is 18.7 Å². The third-order valence-electron chi connectivity index (χ3n) is 6.48. The molecular formula is C25H27N5O2S. The zero-order valence-corrected chi connectivity index (χ0v) is 19.2. The Bertz CT molecular complexity index is 1230. The van der Waals surface area contributed by atoms with Crippen LogP contribution in [0.2, 0.25) is 0 Å². The Morgan fingerprint density at radius 3 is 2.61 bits per heavy atom. The molecule has 33 heavy (non-hydrogen) atoms. The Morgan fingerprint density at radius 2 is 1.82 bits per heavy atom. The molecule has 1 amide bonds.